The number of nitrogens with one attached hydrogen (secondary N) is 1. The molecule has 10 heteroatoms. The van der Waals surface area contributed by atoms with Gasteiger partial charge in [0.15, 0.2) is 0 Å². The molecule has 0 spiro atoms. The van der Waals surface area contributed by atoms with Crippen molar-refractivity contribution < 1.29 is 26.7 Å². The summed E-state index contributed by atoms with van der Waals surface area (Å²) in [4.78, 5) is 12.4. The van der Waals surface area contributed by atoms with Gasteiger partial charge in [0.05, 0.1) is 5.02 Å². The van der Waals surface area contributed by atoms with E-state index in [0.29, 0.717) is 18.8 Å². The fraction of sp³-hybridized carbons (Fsp3) is 0.278. The Hall–Kier alpha value is -2.23. The Kier molecular flexibility index (Phi) is 6.17. The quantitative estimate of drug-likeness (QED) is 0.752. The third-order valence-electron chi connectivity index (χ3n) is 4.21. The number of anilines is 1. The molecule has 1 amide bonds. The van der Waals surface area contributed by atoms with E-state index < -0.39 is 22.5 Å². The summed E-state index contributed by atoms with van der Waals surface area (Å²) >= 11 is 6.07. The topological polar surface area (TPSA) is 75.7 Å². The highest BCUT2D eigenvalue weighted by molar-refractivity contribution is 7.89. The fourth-order valence-corrected chi connectivity index (χ4v) is 4.85. The first-order valence-electron chi connectivity index (χ1n) is 8.43. The summed E-state index contributed by atoms with van der Waals surface area (Å²) in [6, 6.07) is 9.37. The molecule has 0 aromatic heterocycles. The predicted molar refractivity (Wildman–Crippen MR) is 100 cm³/mol. The lowest BCUT2D eigenvalue weighted by molar-refractivity contribution is -0.0498. The van der Waals surface area contributed by atoms with Crippen molar-refractivity contribution >= 4 is 33.2 Å². The van der Waals surface area contributed by atoms with Crippen molar-refractivity contribution in [3.8, 4) is 5.75 Å². The van der Waals surface area contributed by atoms with Gasteiger partial charge in [0.25, 0.3) is 5.91 Å². The van der Waals surface area contributed by atoms with E-state index in [-0.39, 0.29) is 21.2 Å². The smallest absolute Gasteiger partial charge is 0.387 e. The summed E-state index contributed by atoms with van der Waals surface area (Å²) in [6.07, 6.45) is 1.56. The van der Waals surface area contributed by atoms with Crippen LogP contribution in [0.15, 0.2) is 47.4 Å². The number of sulfonamides is 1. The third-order valence-corrected chi connectivity index (χ3v) is 6.59. The maximum absolute atomic E-state index is 12.7. The lowest BCUT2D eigenvalue weighted by Crippen LogP contribution is -2.28. The van der Waals surface area contributed by atoms with Crippen LogP contribution in [0.25, 0.3) is 0 Å². The second kappa shape index (κ2) is 8.42. The Bertz CT molecular complexity index is 962. The first-order valence-corrected chi connectivity index (χ1v) is 10.2. The fourth-order valence-electron chi connectivity index (χ4n) is 2.83. The van der Waals surface area contributed by atoms with E-state index >= 15 is 0 Å². The molecule has 3 rings (SSSR count). The van der Waals surface area contributed by atoms with Gasteiger partial charge in [0, 0.05) is 24.3 Å². The first kappa shape index (κ1) is 20.5. The molecule has 150 valence electrons. The van der Waals surface area contributed by atoms with Crippen molar-refractivity contribution in [3.63, 3.8) is 0 Å². The van der Waals surface area contributed by atoms with Crippen LogP contribution in [0.3, 0.4) is 0 Å². The van der Waals surface area contributed by atoms with Crippen LogP contribution < -0.4 is 10.1 Å². The largest absolute Gasteiger partial charge is 0.435 e. The zero-order chi connectivity index (χ0) is 20.3. The van der Waals surface area contributed by atoms with Gasteiger partial charge in [-0.3, -0.25) is 4.79 Å². The van der Waals surface area contributed by atoms with Crippen LogP contribution in [0.5, 0.6) is 5.75 Å². The van der Waals surface area contributed by atoms with Crippen LogP contribution >= 0.6 is 11.6 Å². The number of carbonyl (C=O) groups excluding carboxylic acids is 1. The van der Waals surface area contributed by atoms with Gasteiger partial charge in [-0.2, -0.15) is 13.1 Å². The highest BCUT2D eigenvalue weighted by Gasteiger charge is 2.29. The van der Waals surface area contributed by atoms with Crippen molar-refractivity contribution in [3.05, 3.63) is 53.1 Å². The number of hydrogen-bond acceptors (Lipinski definition) is 4. The number of carbonyl (C=O) groups is 1. The maximum Gasteiger partial charge on any atom is 0.387 e. The normalized spacial score (nSPS) is 15.0. The number of amides is 1. The molecular formula is C18H17ClF2N2O4S. The number of alkyl halides is 2. The van der Waals surface area contributed by atoms with Crippen LogP contribution in [0.4, 0.5) is 14.5 Å². The molecule has 2 aromatic rings. The number of ether oxygens (including phenoxy) is 1. The molecule has 0 atom stereocenters. The molecule has 1 aliphatic heterocycles. The third kappa shape index (κ3) is 4.60. The van der Waals surface area contributed by atoms with Crippen LogP contribution in [0.2, 0.25) is 5.02 Å². The lowest BCUT2D eigenvalue weighted by Gasteiger charge is -2.17. The van der Waals surface area contributed by atoms with Gasteiger partial charge >= 0.3 is 6.61 Å². The molecule has 0 radical (unpaired) electrons. The van der Waals surface area contributed by atoms with Crippen LogP contribution in [0, 0.1) is 0 Å². The molecule has 1 aliphatic rings. The molecule has 0 bridgehead atoms. The minimum atomic E-state index is -3.78. The second-order valence-corrected chi connectivity index (χ2v) is 8.43. The highest BCUT2D eigenvalue weighted by Crippen LogP contribution is 2.28. The lowest BCUT2D eigenvalue weighted by atomic mass is 10.2. The predicted octanol–water partition coefficient (Wildman–Crippen LogP) is 3.98. The summed E-state index contributed by atoms with van der Waals surface area (Å²) < 4.78 is 55.4. The van der Waals surface area contributed by atoms with Crippen LogP contribution in [-0.4, -0.2) is 38.3 Å². The summed E-state index contributed by atoms with van der Waals surface area (Å²) in [7, 11) is -3.78. The Morgan fingerprint density at radius 2 is 1.75 bits per heavy atom. The molecule has 2 aromatic carbocycles. The molecule has 28 heavy (non-hydrogen) atoms. The van der Waals surface area contributed by atoms with Gasteiger partial charge in [0.2, 0.25) is 10.0 Å². The molecule has 1 saturated heterocycles. The molecule has 1 fully saturated rings. The van der Waals surface area contributed by atoms with Gasteiger partial charge in [-0.1, -0.05) is 11.6 Å². The molecule has 0 aliphatic carbocycles. The molecule has 1 N–H and O–H groups in total. The van der Waals surface area contributed by atoms with Crippen molar-refractivity contribution in [2.75, 3.05) is 18.4 Å². The molecular weight excluding hydrogens is 414 g/mol. The van der Waals surface area contributed by atoms with Gasteiger partial charge in [-0.05, 0) is 55.3 Å². The zero-order valence-electron chi connectivity index (χ0n) is 14.6. The minimum Gasteiger partial charge on any atom is -0.435 e. The average molecular weight is 431 g/mol. The monoisotopic (exact) mass is 430 g/mol. The standard InChI is InChI=1S/C18H17ClF2N2O4S/c19-15-8-3-12(11-16(15)28(25,26)23-9-1-2-10-23)17(24)22-13-4-6-14(7-5-13)27-18(20)21/h3-8,11,18H,1-2,9-10H2,(H,22,24). The van der Waals surface area contributed by atoms with Crippen molar-refractivity contribution in [1.82, 2.24) is 4.31 Å². The van der Waals surface area contributed by atoms with Gasteiger partial charge in [-0.15, -0.1) is 0 Å². The SMILES string of the molecule is O=C(Nc1ccc(OC(F)F)cc1)c1ccc(Cl)c(S(=O)(=O)N2CCCC2)c1. The summed E-state index contributed by atoms with van der Waals surface area (Å²) in [5, 5.41) is 2.61. The van der Waals surface area contributed by atoms with E-state index in [1.54, 1.807) is 0 Å². The zero-order valence-corrected chi connectivity index (χ0v) is 16.1. The van der Waals surface area contributed by atoms with E-state index in [0.717, 1.165) is 12.8 Å². The van der Waals surface area contributed by atoms with Crippen LogP contribution in [-0.2, 0) is 10.0 Å². The molecule has 0 saturated carbocycles. The Labute approximate surface area is 166 Å². The van der Waals surface area contributed by atoms with E-state index in [1.165, 1.54) is 46.8 Å². The average Bonchev–Trinajstić information content (AvgIpc) is 3.18. The number of hydrogen-bond donors (Lipinski definition) is 1. The number of rotatable bonds is 6. The van der Waals surface area contributed by atoms with Crippen molar-refractivity contribution in [2.24, 2.45) is 0 Å². The second-order valence-electron chi connectivity index (χ2n) is 6.11. The van der Waals surface area contributed by atoms with Gasteiger partial charge in [0.1, 0.15) is 10.6 Å². The van der Waals surface area contributed by atoms with E-state index in [2.05, 4.69) is 10.1 Å². The minimum absolute atomic E-state index is 0.0388. The van der Waals surface area contributed by atoms with E-state index in [1.807, 2.05) is 0 Å². The van der Waals surface area contributed by atoms with E-state index in [9.17, 15) is 22.0 Å². The van der Waals surface area contributed by atoms with Crippen LogP contribution in [0.1, 0.15) is 23.2 Å². The van der Waals surface area contributed by atoms with Gasteiger partial charge in [-0.25, -0.2) is 8.42 Å². The van der Waals surface area contributed by atoms with E-state index in [4.69, 9.17) is 11.6 Å². The Morgan fingerprint density at radius 3 is 2.36 bits per heavy atom. The van der Waals surface area contributed by atoms with Gasteiger partial charge < -0.3 is 10.1 Å². The summed E-state index contributed by atoms with van der Waals surface area (Å²) in [6.45, 7) is -2.10. The summed E-state index contributed by atoms with van der Waals surface area (Å²) in [5.74, 6) is -0.601. The number of halogens is 3. The Morgan fingerprint density at radius 1 is 1.11 bits per heavy atom. The first-order chi connectivity index (χ1) is 13.3. The molecule has 0 unspecified atom stereocenters. The summed E-state index contributed by atoms with van der Waals surface area (Å²) in [5.41, 5.74) is 0.445. The maximum atomic E-state index is 12.7. The van der Waals surface area contributed by atoms with Crippen molar-refractivity contribution in [1.29, 1.82) is 0 Å². The van der Waals surface area contributed by atoms with Crippen molar-refractivity contribution in [2.45, 2.75) is 24.3 Å². The number of nitrogens with zero attached hydrogens (tertiary/aromatic N) is 1. The number of benzene rings is 2. The molecule has 6 nitrogen and oxygen atoms in total. The Balaban J connectivity index is 1.79. The molecule has 1 heterocycles. The highest BCUT2D eigenvalue weighted by atomic mass is 35.5.